The van der Waals surface area contributed by atoms with Gasteiger partial charge in [0.15, 0.2) is 0 Å². The Hall–Kier alpha value is -2.36. The fraction of sp³-hybridized carbons (Fsp3) is 0.172. The first-order valence-corrected chi connectivity index (χ1v) is 12.7. The minimum absolute atomic E-state index is 1.05. The molecule has 0 radical (unpaired) electrons. The van der Waals surface area contributed by atoms with Crippen LogP contribution in [0.5, 0.6) is 0 Å². The molecule has 4 aromatic carbocycles. The van der Waals surface area contributed by atoms with Crippen LogP contribution in [0.2, 0.25) is 0 Å². The number of halogens is 2. The molecular weight excluding hydrogens is 522 g/mol. The molecule has 0 amide bonds. The Morgan fingerprint density at radius 1 is 0.625 bits per heavy atom. The van der Waals surface area contributed by atoms with Crippen LogP contribution in [0.4, 0.5) is 17.1 Å². The molecule has 4 rings (SSSR count). The van der Waals surface area contributed by atoms with Crippen LogP contribution in [0, 0.1) is 0 Å². The zero-order valence-corrected chi connectivity index (χ0v) is 21.4. The molecule has 0 bridgehead atoms. The Morgan fingerprint density at radius 2 is 1.25 bits per heavy atom. The molecule has 0 heterocycles. The number of nitrogens with zero attached hydrogens (tertiary/aromatic N) is 1. The molecular formula is C29H27Br2N. The molecule has 0 fully saturated rings. The van der Waals surface area contributed by atoms with E-state index in [0.717, 1.165) is 21.1 Å². The summed E-state index contributed by atoms with van der Waals surface area (Å²) in [6.07, 6.45) is 4.68. The van der Waals surface area contributed by atoms with E-state index in [1.165, 1.54) is 47.3 Å². The minimum Gasteiger partial charge on any atom is -0.310 e. The summed E-state index contributed by atoms with van der Waals surface area (Å²) in [7, 11) is 0. The van der Waals surface area contributed by atoms with Crippen molar-refractivity contribution >= 4 is 48.9 Å². The van der Waals surface area contributed by atoms with Crippen LogP contribution >= 0.6 is 31.9 Å². The number of hydrogen-bond acceptors (Lipinski definition) is 1. The minimum atomic E-state index is 1.05. The molecule has 0 N–H and O–H groups in total. The first kappa shape index (κ1) is 22.8. The second kappa shape index (κ2) is 11.0. The molecule has 3 heteroatoms. The van der Waals surface area contributed by atoms with Gasteiger partial charge >= 0.3 is 0 Å². The summed E-state index contributed by atoms with van der Waals surface area (Å²) in [5.74, 6) is 0. The maximum atomic E-state index is 3.59. The van der Waals surface area contributed by atoms with Gasteiger partial charge in [0.2, 0.25) is 0 Å². The second-order valence-electron chi connectivity index (χ2n) is 7.91. The standard InChI is InChI=1S/C29H27Br2N/c1-2-3-5-11-28-27(22-14-16-23(30)17-15-22)12-8-13-29(28)32(25-9-6-4-7-10-25)26-20-18-24(31)19-21-26/h4,6-10,12-21H,2-3,5,11H2,1H3. The highest BCUT2D eigenvalue weighted by Gasteiger charge is 2.18. The van der Waals surface area contributed by atoms with E-state index in [1.807, 2.05) is 0 Å². The summed E-state index contributed by atoms with van der Waals surface area (Å²) in [6.45, 7) is 2.26. The number of benzene rings is 4. The van der Waals surface area contributed by atoms with Crippen LogP contribution < -0.4 is 4.90 Å². The van der Waals surface area contributed by atoms with Crippen LogP contribution in [0.1, 0.15) is 31.7 Å². The van der Waals surface area contributed by atoms with Gasteiger partial charge in [-0.2, -0.15) is 0 Å². The highest BCUT2D eigenvalue weighted by atomic mass is 79.9. The van der Waals surface area contributed by atoms with Crippen molar-refractivity contribution in [2.45, 2.75) is 32.6 Å². The summed E-state index contributed by atoms with van der Waals surface area (Å²) in [5, 5.41) is 0. The van der Waals surface area contributed by atoms with Gasteiger partial charge in [0.05, 0.1) is 0 Å². The number of anilines is 3. The quantitative estimate of drug-likeness (QED) is 0.198. The molecule has 32 heavy (non-hydrogen) atoms. The Balaban J connectivity index is 1.90. The van der Waals surface area contributed by atoms with E-state index in [9.17, 15) is 0 Å². The van der Waals surface area contributed by atoms with E-state index in [1.54, 1.807) is 0 Å². The van der Waals surface area contributed by atoms with Crippen molar-refractivity contribution in [2.24, 2.45) is 0 Å². The van der Waals surface area contributed by atoms with Crippen molar-refractivity contribution < 1.29 is 0 Å². The van der Waals surface area contributed by atoms with Gasteiger partial charge in [0, 0.05) is 26.0 Å². The number of hydrogen-bond donors (Lipinski definition) is 0. The van der Waals surface area contributed by atoms with Crippen molar-refractivity contribution in [2.75, 3.05) is 4.90 Å². The van der Waals surface area contributed by atoms with Crippen LogP contribution in [0.3, 0.4) is 0 Å². The summed E-state index contributed by atoms with van der Waals surface area (Å²) >= 11 is 7.17. The number of rotatable bonds is 8. The van der Waals surface area contributed by atoms with Gasteiger partial charge in [0.1, 0.15) is 0 Å². The molecule has 0 aliphatic rings. The maximum absolute atomic E-state index is 3.59. The lowest BCUT2D eigenvalue weighted by Crippen LogP contribution is -2.13. The highest BCUT2D eigenvalue weighted by Crippen LogP contribution is 2.41. The van der Waals surface area contributed by atoms with E-state index in [0.29, 0.717) is 0 Å². The monoisotopic (exact) mass is 547 g/mol. The van der Waals surface area contributed by atoms with Gasteiger partial charge in [-0.1, -0.05) is 94.1 Å². The zero-order valence-electron chi connectivity index (χ0n) is 18.3. The number of para-hydroxylation sites is 1. The van der Waals surface area contributed by atoms with Crippen LogP contribution in [0.25, 0.3) is 11.1 Å². The van der Waals surface area contributed by atoms with E-state index in [4.69, 9.17) is 0 Å². The Morgan fingerprint density at radius 3 is 1.91 bits per heavy atom. The third-order valence-corrected chi connectivity index (χ3v) is 6.73. The Labute approximate surface area is 208 Å². The third kappa shape index (κ3) is 5.33. The average Bonchev–Trinajstić information content (AvgIpc) is 2.83. The van der Waals surface area contributed by atoms with Gasteiger partial charge in [-0.25, -0.2) is 0 Å². The summed E-state index contributed by atoms with van der Waals surface area (Å²) < 4.78 is 2.19. The van der Waals surface area contributed by atoms with Crippen LogP contribution in [0.15, 0.2) is 106 Å². The molecule has 4 aromatic rings. The molecule has 0 saturated heterocycles. The SMILES string of the molecule is CCCCCc1c(-c2ccc(Br)cc2)cccc1N(c1ccccc1)c1ccc(Br)cc1. The molecule has 0 aliphatic carbocycles. The third-order valence-electron chi connectivity index (χ3n) is 5.68. The van der Waals surface area contributed by atoms with Crippen molar-refractivity contribution in [1.29, 1.82) is 0 Å². The fourth-order valence-electron chi connectivity index (χ4n) is 4.09. The lowest BCUT2D eigenvalue weighted by atomic mass is 9.93. The normalized spacial score (nSPS) is 10.8. The van der Waals surface area contributed by atoms with E-state index in [2.05, 4.69) is 141 Å². The van der Waals surface area contributed by atoms with Gasteiger partial charge in [-0.05, 0) is 84.1 Å². The van der Waals surface area contributed by atoms with Crippen LogP contribution in [-0.2, 0) is 6.42 Å². The molecule has 0 aliphatic heterocycles. The fourth-order valence-corrected chi connectivity index (χ4v) is 4.62. The molecule has 162 valence electrons. The number of unbranched alkanes of at least 4 members (excludes halogenated alkanes) is 2. The van der Waals surface area contributed by atoms with Gasteiger partial charge in [-0.3, -0.25) is 0 Å². The zero-order chi connectivity index (χ0) is 22.3. The first-order chi connectivity index (χ1) is 15.7. The lowest BCUT2D eigenvalue weighted by Gasteiger charge is -2.29. The van der Waals surface area contributed by atoms with Crippen molar-refractivity contribution in [3.05, 3.63) is 112 Å². The van der Waals surface area contributed by atoms with Gasteiger partial charge in [-0.15, -0.1) is 0 Å². The molecule has 0 atom stereocenters. The van der Waals surface area contributed by atoms with Crippen molar-refractivity contribution in [3.8, 4) is 11.1 Å². The Bertz CT molecular complexity index is 1140. The molecule has 1 nitrogen and oxygen atoms in total. The molecule has 0 spiro atoms. The van der Waals surface area contributed by atoms with Gasteiger partial charge in [0.25, 0.3) is 0 Å². The van der Waals surface area contributed by atoms with Gasteiger partial charge < -0.3 is 4.90 Å². The Kier molecular flexibility index (Phi) is 7.83. The molecule has 0 aromatic heterocycles. The largest absolute Gasteiger partial charge is 0.310 e. The summed E-state index contributed by atoms with van der Waals surface area (Å²) in [5.41, 5.74) is 7.53. The average molecular weight is 549 g/mol. The first-order valence-electron chi connectivity index (χ1n) is 11.2. The van der Waals surface area contributed by atoms with Crippen molar-refractivity contribution in [3.63, 3.8) is 0 Å². The van der Waals surface area contributed by atoms with Crippen LogP contribution in [-0.4, -0.2) is 0 Å². The topological polar surface area (TPSA) is 3.24 Å². The lowest BCUT2D eigenvalue weighted by molar-refractivity contribution is 0.718. The van der Waals surface area contributed by atoms with E-state index >= 15 is 0 Å². The van der Waals surface area contributed by atoms with Crippen molar-refractivity contribution in [1.82, 2.24) is 0 Å². The predicted octanol–water partition coefficient (Wildman–Crippen LogP) is 10.1. The predicted molar refractivity (Wildman–Crippen MR) is 145 cm³/mol. The molecule has 0 saturated carbocycles. The summed E-state index contributed by atoms with van der Waals surface area (Å²) in [4.78, 5) is 2.38. The maximum Gasteiger partial charge on any atom is 0.0499 e. The highest BCUT2D eigenvalue weighted by molar-refractivity contribution is 9.10. The van der Waals surface area contributed by atoms with E-state index < -0.39 is 0 Å². The molecule has 0 unspecified atom stereocenters. The second-order valence-corrected chi connectivity index (χ2v) is 9.75. The van der Waals surface area contributed by atoms with E-state index in [-0.39, 0.29) is 0 Å². The summed E-state index contributed by atoms with van der Waals surface area (Å²) in [6, 6.07) is 34.6. The smallest absolute Gasteiger partial charge is 0.0499 e.